The van der Waals surface area contributed by atoms with Crippen molar-refractivity contribution in [3.63, 3.8) is 0 Å². The standard InChI is InChI=1S/C15H20N2O2/c1-15(2,3)17-14(18)16-11-7-9-12-8-5-6-10-13(12)19-4/h5-6,8,10H,11H2,1-4H3,(H2,16,17,18). The fourth-order valence-electron chi connectivity index (χ4n) is 1.40. The molecule has 0 atom stereocenters. The lowest BCUT2D eigenvalue weighted by Crippen LogP contribution is -2.46. The molecule has 0 saturated carbocycles. The van der Waals surface area contributed by atoms with E-state index in [-0.39, 0.29) is 11.6 Å². The van der Waals surface area contributed by atoms with Crippen molar-refractivity contribution in [1.82, 2.24) is 10.6 Å². The van der Waals surface area contributed by atoms with Crippen LogP contribution >= 0.6 is 0 Å². The molecule has 102 valence electrons. The maximum absolute atomic E-state index is 11.5. The highest BCUT2D eigenvalue weighted by atomic mass is 16.5. The Morgan fingerprint density at radius 2 is 2.00 bits per heavy atom. The molecule has 2 amide bonds. The number of nitrogens with one attached hydrogen (secondary N) is 2. The number of hydrogen-bond acceptors (Lipinski definition) is 2. The van der Waals surface area contributed by atoms with Gasteiger partial charge in [0, 0.05) is 5.54 Å². The van der Waals surface area contributed by atoms with Gasteiger partial charge in [0.2, 0.25) is 0 Å². The molecule has 0 spiro atoms. The Bertz CT molecular complexity index is 493. The average molecular weight is 260 g/mol. The monoisotopic (exact) mass is 260 g/mol. The van der Waals surface area contributed by atoms with Crippen LogP contribution in [0, 0.1) is 11.8 Å². The molecule has 4 nitrogen and oxygen atoms in total. The van der Waals surface area contributed by atoms with Gasteiger partial charge in [0.1, 0.15) is 5.75 Å². The van der Waals surface area contributed by atoms with Crippen LogP contribution in [0.4, 0.5) is 4.79 Å². The zero-order valence-electron chi connectivity index (χ0n) is 11.8. The van der Waals surface area contributed by atoms with E-state index in [4.69, 9.17) is 4.74 Å². The van der Waals surface area contributed by atoms with Gasteiger partial charge in [-0.05, 0) is 32.9 Å². The average Bonchev–Trinajstić information content (AvgIpc) is 2.33. The van der Waals surface area contributed by atoms with Crippen LogP contribution in [0.15, 0.2) is 24.3 Å². The summed E-state index contributed by atoms with van der Waals surface area (Å²) < 4.78 is 5.19. The Balaban J connectivity index is 2.50. The summed E-state index contributed by atoms with van der Waals surface area (Å²) in [6.45, 7) is 6.06. The first-order valence-corrected chi connectivity index (χ1v) is 6.10. The van der Waals surface area contributed by atoms with Crippen LogP contribution in [-0.4, -0.2) is 25.2 Å². The highest BCUT2D eigenvalue weighted by molar-refractivity contribution is 5.74. The van der Waals surface area contributed by atoms with E-state index in [1.54, 1.807) is 7.11 Å². The predicted molar refractivity (Wildman–Crippen MR) is 76.2 cm³/mol. The van der Waals surface area contributed by atoms with Crippen LogP contribution in [0.2, 0.25) is 0 Å². The van der Waals surface area contributed by atoms with Crippen molar-refractivity contribution in [3.05, 3.63) is 29.8 Å². The number of urea groups is 1. The van der Waals surface area contributed by atoms with E-state index in [1.807, 2.05) is 45.0 Å². The van der Waals surface area contributed by atoms with Gasteiger partial charge in [0.25, 0.3) is 0 Å². The minimum Gasteiger partial charge on any atom is -0.495 e. The van der Waals surface area contributed by atoms with Crippen molar-refractivity contribution in [2.24, 2.45) is 0 Å². The summed E-state index contributed by atoms with van der Waals surface area (Å²) in [5.74, 6) is 6.59. The Hall–Kier alpha value is -2.15. The Morgan fingerprint density at radius 3 is 2.63 bits per heavy atom. The lowest BCUT2D eigenvalue weighted by molar-refractivity contribution is 0.233. The summed E-state index contributed by atoms with van der Waals surface area (Å²) in [5, 5.41) is 5.48. The van der Waals surface area contributed by atoms with Crippen LogP contribution < -0.4 is 15.4 Å². The molecule has 0 radical (unpaired) electrons. The number of ether oxygens (including phenoxy) is 1. The fourth-order valence-corrected chi connectivity index (χ4v) is 1.40. The maximum atomic E-state index is 11.5. The predicted octanol–water partition coefficient (Wildman–Crippen LogP) is 2.14. The molecule has 4 heteroatoms. The van der Waals surface area contributed by atoms with Crippen LogP contribution in [-0.2, 0) is 0 Å². The number of carbonyl (C=O) groups is 1. The highest BCUT2D eigenvalue weighted by Gasteiger charge is 2.12. The number of para-hydroxylation sites is 1. The van der Waals surface area contributed by atoms with Crippen LogP contribution in [0.25, 0.3) is 0 Å². The molecule has 0 heterocycles. The molecule has 0 fully saturated rings. The topological polar surface area (TPSA) is 50.4 Å². The number of methoxy groups -OCH3 is 1. The van der Waals surface area contributed by atoms with E-state index in [0.717, 1.165) is 11.3 Å². The highest BCUT2D eigenvalue weighted by Crippen LogP contribution is 2.15. The van der Waals surface area contributed by atoms with Gasteiger partial charge in [0.15, 0.2) is 0 Å². The van der Waals surface area contributed by atoms with Gasteiger partial charge in [-0.1, -0.05) is 24.0 Å². The molecule has 1 aromatic rings. The van der Waals surface area contributed by atoms with Crippen LogP contribution in [0.5, 0.6) is 5.75 Å². The molecule has 0 aromatic heterocycles. The van der Waals surface area contributed by atoms with Gasteiger partial charge in [-0.25, -0.2) is 4.79 Å². The number of hydrogen-bond donors (Lipinski definition) is 2. The minimum absolute atomic E-state index is 0.221. The van der Waals surface area contributed by atoms with Gasteiger partial charge in [0.05, 0.1) is 19.2 Å². The molecule has 19 heavy (non-hydrogen) atoms. The molecular weight excluding hydrogens is 240 g/mol. The second-order valence-electron chi connectivity index (χ2n) is 5.06. The third-order valence-corrected chi connectivity index (χ3v) is 2.16. The maximum Gasteiger partial charge on any atom is 0.315 e. The Labute approximate surface area is 114 Å². The van der Waals surface area contributed by atoms with Gasteiger partial charge in [-0.3, -0.25) is 0 Å². The number of rotatable bonds is 2. The fraction of sp³-hybridized carbons (Fsp3) is 0.400. The molecule has 0 bridgehead atoms. The minimum atomic E-state index is -0.250. The quantitative estimate of drug-likeness (QED) is 0.800. The number of benzene rings is 1. The molecule has 1 rings (SSSR count). The lowest BCUT2D eigenvalue weighted by Gasteiger charge is -2.20. The van der Waals surface area contributed by atoms with Crippen molar-refractivity contribution < 1.29 is 9.53 Å². The molecule has 2 N–H and O–H groups in total. The largest absolute Gasteiger partial charge is 0.495 e. The van der Waals surface area contributed by atoms with Crippen molar-refractivity contribution >= 4 is 6.03 Å². The molecule has 0 unspecified atom stereocenters. The van der Waals surface area contributed by atoms with Crippen molar-refractivity contribution in [3.8, 4) is 17.6 Å². The normalized spacial score (nSPS) is 10.1. The van der Waals surface area contributed by atoms with Crippen molar-refractivity contribution in [1.29, 1.82) is 0 Å². The van der Waals surface area contributed by atoms with Crippen LogP contribution in [0.1, 0.15) is 26.3 Å². The lowest BCUT2D eigenvalue weighted by atomic mass is 10.1. The van der Waals surface area contributed by atoms with E-state index < -0.39 is 0 Å². The third-order valence-electron chi connectivity index (χ3n) is 2.16. The SMILES string of the molecule is COc1ccccc1C#CCNC(=O)NC(C)(C)C. The van der Waals surface area contributed by atoms with Gasteiger partial charge < -0.3 is 15.4 Å². The van der Waals surface area contributed by atoms with E-state index in [9.17, 15) is 4.79 Å². The Morgan fingerprint density at radius 1 is 1.32 bits per heavy atom. The van der Waals surface area contributed by atoms with Gasteiger partial charge in [-0.15, -0.1) is 0 Å². The zero-order chi connectivity index (χ0) is 14.3. The summed E-state index contributed by atoms with van der Waals surface area (Å²) in [6, 6.07) is 7.29. The second kappa shape index (κ2) is 6.69. The first-order valence-electron chi connectivity index (χ1n) is 6.10. The van der Waals surface area contributed by atoms with E-state index >= 15 is 0 Å². The summed E-state index contributed by atoms with van der Waals surface area (Å²) in [4.78, 5) is 11.5. The van der Waals surface area contributed by atoms with Crippen molar-refractivity contribution in [2.75, 3.05) is 13.7 Å². The molecule has 0 aliphatic heterocycles. The Kier molecular flexibility index (Phi) is 5.25. The molecule has 0 aliphatic carbocycles. The number of carbonyl (C=O) groups excluding carboxylic acids is 1. The number of amides is 2. The molecule has 0 saturated heterocycles. The van der Waals surface area contributed by atoms with Gasteiger partial charge in [-0.2, -0.15) is 0 Å². The van der Waals surface area contributed by atoms with E-state index in [2.05, 4.69) is 22.5 Å². The van der Waals surface area contributed by atoms with E-state index in [0.29, 0.717) is 6.54 Å². The molecular formula is C15H20N2O2. The summed E-state index contributed by atoms with van der Waals surface area (Å²) >= 11 is 0. The summed E-state index contributed by atoms with van der Waals surface area (Å²) in [6.07, 6.45) is 0. The first-order chi connectivity index (χ1) is 8.92. The van der Waals surface area contributed by atoms with Crippen LogP contribution in [0.3, 0.4) is 0 Å². The zero-order valence-corrected chi connectivity index (χ0v) is 11.8. The third kappa shape index (κ3) is 5.82. The summed E-state index contributed by atoms with van der Waals surface area (Å²) in [7, 11) is 1.61. The second-order valence-corrected chi connectivity index (χ2v) is 5.06. The molecule has 0 aliphatic rings. The van der Waals surface area contributed by atoms with E-state index in [1.165, 1.54) is 0 Å². The smallest absolute Gasteiger partial charge is 0.315 e. The summed E-state index contributed by atoms with van der Waals surface area (Å²) in [5.41, 5.74) is 0.559. The molecule has 1 aromatic carbocycles. The first kappa shape index (κ1) is 14.9. The van der Waals surface area contributed by atoms with Crippen molar-refractivity contribution in [2.45, 2.75) is 26.3 Å². The van der Waals surface area contributed by atoms with Gasteiger partial charge >= 0.3 is 6.03 Å².